The number of aryl methyl sites for hydroxylation is 1. The summed E-state index contributed by atoms with van der Waals surface area (Å²) in [5.74, 6) is 1.68. The van der Waals surface area contributed by atoms with Gasteiger partial charge in [-0.05, 0) is 72.4 Å². The zero-order valence-corrected chi connectivity index (χ0v) is 23.9. The maximum atomic E-state index is 13.3. The Balaban J connectivity index is 1.27. The fraction of sp³-hybridized carbons (Fsp3) is 0.324. The molecule has 0 saturated carbocycles. The Bertz CT molecular complexity index is 1480. The van der Waals surface area contributed by atoms with E-state index in [1.54, 1.807) is 18.3 Å². The molecule has 2 aromatic heterocycles. The highest BCUT2D eigenvalue weighted by molar-refractivity contribution is 5.91. The summed E-state index contributed by atoms with van der Waals surface area (Å²) in [7, 11) is 0. The summed E-state index contributed by atoms with van der Waals surface area (Å²) in [6, 6.07) is 23.5. The summed E-state index contributed by atoms with van der Waals surface area (Å²) < 4.78 is 11.9. The number of ether oxygens (including phenoxy) is 1. The summed E-state index contributed by atoms with van der Waals surface area (Å²) in [5.41, 5.74) is 5.50. The molecule has 0 fully saturated rings. The van der Waals surface area contributed by atoms with Crippen LogP contribution in [0.25, 0.3) is 0 Å². The van der Waals surface area contributed by atoms with Crippen LogP contribution in [0.1, 0.15) is 70.6 Å². The second-order valence-electron chi connectivity index (χ2n) is 11.0. The standard InChI is InChI=1S/C34H37N3O4/c1-23(2)20-32(38)37-19-16-25-11-12-28(21-30(25)33(37)26-9-7-24(3)8-10-26)40-22-29-13-14-31(41-29)34(39)36-18-15-27-6-4-5-17-35-27/h4-14,17,21,23,33H,15-16,18-20,22H2,1-3H3,(H,36,39)/t33-/m0/s1. The molecule has 3 heterocycles. The molecule has 7 heteroatoms. The number of fused-ring (bicyclic) bond motifs is 1. The summed E-state index contributed by atoms with van der Waals surface area (Å²) >= 11 is 0. The largest absolute Gasteiger partial charge is 0.486 e. The van der Waals surface area contributed by atoms with Gasteiger partial charge in [-0.1, -0.05) is 55.8 Å². The van der Waals surface area contributed by atoms with E-state index in [0.717, 1.165) is 23.2 Å². The minimum atomic E-state index is -0.270. The third kappa shape index (κ3) is 7.04. The first-order valence-corrected chi connectivity index (χ1v) is 14.3. The van der Waals surface area contributed by atoms with Crippen molar-refractivity contribution >= 4 is 11.8 Å². The van der Waals surface area contributed by atoms with Gasteiger partial charge in [0.15, 0.2) is 5.76 Å². The van der Waals surface area contributed by atoms with Crippen molar-refractivity contribution in [2.24, 2.45) is 5.92 Å². The average Bonchev–Trinajstić information content (AvgIpc) is 3.45. The third-order valence-corrected chi connectivity index (χ3v) is 7.30. The van der Waals surface area contributed by atoms with E-state index in [-0.39, 0.29) is 30.2 Å². The Hall–Kier alpha value is -4.39. The van der Waals surface area contributed by atoms with E-state index >= 15 is 0 Å². The number of aromatic nitrogens is 1. The zero-order chi connectivity index (χ0) is 28.8. The number of nitrogens with zero attached hydrogens (tertiary/aromatic N) is 2. The first kappa shape index (κ1) is 28.1. The number of pyridine rings is 1. The monoisotopic (exact) mass is 551 g/mol. The van der Waals surface area contributed by atoms with Crippen LogP contribution >= 0.6 is 0 Å². The van der Waals surface area contributed by atoms with Gasteiger partial charge in [0.1, 0.15) is 18.1 Å². The number of nitrogens with one attached hydrogen (secondary N) is 1. The van der Waals surface area contributed by atoms with Gasteiger partial charge in [0.2, 0.25) is 5.91 Å². The number of furan rings is 1. The van der Waals surface area contributed by atoms with Crippen LogP contribution in [0.15, 0.2) is 83.4 Å². The maximum Gasteiger partial charge on any atom is 0.287 e. The molecule has 0 radical (unpaired) electrons. The summed E-state index contributed by atoms with van der Waals surface area (Å²) in [4.78, 5) is 32.1. The van der Waals surface area contributed by atoms with Gasteiger partial charge in [-0.25, -0.2) is 0 Å². The van der Waals surface area contributed by atoms with Crippen molar-refractivity contribution in [1.82, 2.24) is 15.2 Å². The molecule has 2 aromatic carbocycles. The molecular weight excluding hydrogens is 514 g/mol. The predicted molar refractivity (Wildman–Crippen MR) is 158 cm³/mol. The van der Waals surface area contributed by atoms with Crippen molar-refractivity contribution in [3.05, 3.63) is 118 Å². The van der Waals surface area contributed by atoms with Gasteiger partial charge >= 0.3 is 0 Å². The van der Waals surface area contributed by atoms with E-state index in [1.807, 2.05) is 35.2 Å². The minimum absolute atomic E-state index is 0.167. The summed E-state index contributed by atoms with van der Waals surface area (Å²) in [6.07, 6.45) is 3.71. The maximum absolute atomic E-state index is 13.3. The first-order valence-electron chi connectivity index (χ1n) is 14.3. The Labute approximate surface area is 241 Å². The topological polar surface area (TPSA) is 84.7 Å². The van der Waals surface area contributed by atoms with Gasteiger partial charge in [0.05, 0.1) is 6.04 Å². The molecular formula is C34H37N3O4. The lowest BCUT2D eigenvalue weighted by molar-refractivity contribution is -0.134. The quantitative estimate of drug-likeness (QED) is 0.259. The molecule has 41 heavy (non-hydrogen) atoms. The fourth-order valence-electron chi connectivity index (χ4n) is 5.20. The van der Waals surface area contributed by atoms with Crippen LogP contribution in [0.2, 0.25) is 0 Å². The lowest BCUT2D eigenvalue weighted by Gasteiger charge is -2.38. The van der Waals surface area contributed by atoms with Gasteiger partial charge in [0.25, 0.3) is 5.91 Å². The van der Waals surface area contributed by atoms with Crippen molar-refractivity contribution in [3.63, 3.8) is 0 Å². The van der Waals surface area contributed by atoms with E-state index in [2.05, 4.69) is 61.4 Å². The van der Waals surface area contributed by atoms with Crippen molar-refractivity contribution in [1.29, 1.82) is 0 Å². The second kappa shape index (κ2) is 12.9. The molecule has 1 N–H and O–H groups in total. The van der Waals surface area contributed by atoms with Gasteiger partial charge < -0.3 is 19.4 Å². The minimum Gasteiger partial charge on any atom is -0.486 e. The smallest absolute Gasteiger partial charge is 0.287 e. The summed E-state index contributed by atoms with van der Waals surface area (Å²) in [5, 5.41) is 2.87. The van der Waals surface area contributed by atoms with Gasteiger partial charge in [-0.15, -0.1) is 0 Å². The number of hydrogen-bond donors (Lipinski definition) is 1. The first-order chi connectivity index (χ1) is 19.9. The van der Waals surface area contributed by atoms with Crippen molar-refractivity contribution in [3.8, 4) is 5.75 Å². The van der Waals surface area contributed by atoms with Gasteiger partial charge in [0, 0.05) is 37.8 Å². The highest BCUT2D eigenvalue weighted by Gasteiger charge is 2.32. The average molecular weight is 552 g/mol. The van der Waals surface area contributed by atoms with E-state index in [9.17, 15) is 9.59 Å². The Kier molecular flexibility index (Phi) is 8.82. The fourth-order valence-corrected chi connectivity index (χ4v) is 5.20. The highest BCUT2D eigenvalue weighted by Crippen LogP contribution is 2.38. The predicted octanol–water partition coefficient (Wildman–Crippen LogP) is 6.05. The molecule has 4 aromatic rings. The Morgan fingerprint density at radius 2 is 1.90 bits per heavy atom. The number of hydrogen-bond acceptors (Lipinski definition) is 5. The molecule has 1 atom stereocenters. The van der Waals surface area contributed by atoms with E-state index in [0.29, 0.717) is 43.4 Å². The van der Waals surface area contributed by atoms with Crippen LogP contribution in [0.3, 0.4) is 0 Å². The highest BCUT2D eigenvalue weighted by atomic mass is 16.5. The van der Waals surface area contributed by atoms with Crippen LogP contribution in [-0.4, -0.2) is 34.8 Å². The molecule has 7 nitrogen and oxygen atoms in total. The number of carbonyl (C=O) groups excluding carboxylic acids is 2. The van der Waals surface area contributed by atoms with E-state index in [4.69, 9.17) is 9.15 Å². The summed E-state index contributed by atoms with van der Waals surface area (Å²) in [6.45, 7) is 7.57. The second-order valence-corrected chi connectivity index (χ2v) is 11.0. The van der Waals surface area contributed by atoms with Crippen molar-refractivity contribution < 1.29 is 18.7 Å². The molecule has 0 spiro atoms. The van der Waals surface area contributed by atoms with Crippen LogP contribution in [0, 0.1) is 12.8 Å². The number of rotatable bonds is 10. The normalized spacial score (nSPS) is 14.5. The van der Waals surface area contributed by atoms with Crippen LogP contribution in [-0.2, 0) is 24.2 Å². The SMILES string of the molecule is Cc1ccc([C@H]2c3cc(OCc4ccc(C(=O)NCCc5ccccn5)o4)ccc3CCN2C(=O)CC(C)C)cc1. The van der Waals surface area contributed by atoms with Crippen LogP contribution in [0.4, 0.5) is 0 Å². The van der Waals surface area contributed by atoms with Crippen molar-refractivity contribution in [2.45, 2.75) is 52.7 Å². The van der Waals surface area contributed by atoms with Gasteiger partial charge in [-0.3, -0.25) is 14.6 Å². The molecule has 0 bridgehead atoms. The van der Waals surface area contributed by atoms with E-state index in [1.165, 1.54) is 11.1 Å². The number of benzene rings is 2. The molecule has 0 saturated heterocycles. The zero-order valence-electron chi connectivity index (χ0n) is 23.9. The molecule has 0 unspecified atom stereocenters. The molecule has 2 amide bonds. The molecule has 1 aliphatic heterocycles. The van der Waals surface area contributed by atoms with Crippen molar-refractivity contribution in [2.75, 3.05) is 13.1 Å². The molecule has 0 aliphatic carbocycles. The van der Waals surface area contributed by atoms with Crippen LogP contribution < -0.4 is 10.1 Å². The van der Waals surface area contributed by atoms with Gasteiger partial charge in [-0.2, -0.15) is 0 Å². The lowest BCUT2D eigenvalue weighted by atomic mass is 9.87. The molecule has 1 aliphatic rings. The number of carbonyl (C=O) groups is 2. The third-order valence-electron chi connectivity index (χ3n) is 7.30. The van der Waals surface area contributed by atoms with Crippen LogP contribution in [0.5, 0.6) is 5.75 Å². The molecule has 5 rings (SSSR count). The Morgan fingerprint density at radius 1 is 1.07 bits per heavy atom. The Morgan fingerprint density at radius 3 is 2.66 bits per heavy atom. The molecule has 212 valence electrons. The lowest BCUT2D eigenvalue weighted by Crippen LogP contribution is -2.41. The number of amides is 2. The van der Waals surface area contributed by atoms with E-state index < -0.39 is 0 Å².